The number of nitrogens with two attached hydrogens (primary N) is 1. The van der Waals surface area contributed by atoms with Crippen molar-refractivity contribution >= 4 is 21.8 Å². The van der Waals surface area contributed by atoms with Gasteiger partial charge in [0.2, 0.25) is 0 Å². The first-order valence-corrected chi connectivity index (χ1v) is 7.51. The summed E-state index contributed by atoms with van der Waals surface area (Å²) < 4.78 is 6.73. The van der Waals surface area contributed by atoms with Crippen LogP contribution in [0.15, 0.2) is 27.8 Å². The Hall–Kier alpha value is -1.27. The van der Waals surface area contributed by atoms with E-state index in [9.17, 15) is 0 Å². The molecule has 0 aliphatic carbocycles. The second-order valence-corrected chi connectivity index (χ2v) is 5.96. The van der Waals surface area contributed by atoms with E-state index in [1.165, 1.54) is 12.8 Å². The van der Waals surface area contributed by atoms with Crippen LogP contribution < -0.4 is 10.5 Å². The normalized spacial score (nSPS) is 20.3. The predicted octanol–water partition coefficient (Wildman–Crippen LogP) is 2.41. The third-order valence-corrected chi connectivity index (χ3v) is 4.20. The molecule has 3 N–H and O–H groups in total. The number of ether oxygens (including phenoxy) is 1. The van der Waals surface area contributed by atoms with Gasteiger partial charge in [-0.05, 0) is 51.1 Å². The van der Waals surface area contributed by atoms with Crippen LogP contribution in [0.25, 0.3) is 0 Å². The van der Waals surface area contributed by atoms with Gasteiger partial charge in [0, 0.05) is 10.5 Å². The molecule has 1 fully saturated rings. The second-order valence-electron chi connectivity index (χ2n) is 5.04. The van der Waals surface area contributed by atoms with Gasteiger partial charge >= 0.3 is 0 Å². The van der Waals surface area contributed by atoms with Gasteiger partial charge in [-0.15, -0.1) is 0 Å². The van der Waals surface area contributed by atoms with Crippen LogP contribution >= 0.6 is 15.9 Å². The summed E-state index contributed by atoms with van der Waals surface area (Å²) in [5, 5.41) is 11.8. The first-order chi connectivity index (χ1) is 9.61. The number of likely N-dealkylation sites (tertiary alicyclic amines) is 1. The van der Waals surface area contributed by atoms with Gasteiger partial charge in [0.05, 0.1) is 12.2 Å². The standard InChI is InChI=1S/C14H20BrN3O2/c1-18-7-2-3-11(18)6-8-20-13-9-10(15)4-5-12(13)14(16)17-19/h4-5,9,11,19H,2-3,6-8H2,1H3,(H2,16,17). The Balaban J connectivity index is 1.99. The Morgan fingerprint density at radius 1 is 1.60 bits per heavy atom. The Kier molecular flexibility index (Phi) is 5.25. The quantitative estimate of drug-likeness (QED) is 0.373. The summed E-state index contributed by atoms with van der Waals surface area (Å²) >= 11 is 3.40. The van der Waals surface area contributed by atoms with Gasteiger partial charge in [-0.1, -0.05) is 21.1 Å². The number of rotatable bonds is 5. The first kappa shape index (κ1) is 15.1. The SMILES string of the molecule is CN1CCCC1CCOc1cc(Br)ccc1/C(N)=N/O. The van der Waals surface area contributed by atoms with Crippen molar-refractivity contribution < 1.29 is 9.94 Å². The summed E-state index contributed by atoms with van der Waals surface area (Å²) in [5.74, 6) is 0.695. The fourth-order valence-corrected chi connectivity index (χ4v) is 2.87. The maximum absolute atomic E-state index is 8.80. The highest BCUT2D eigenvalue weighted by atomic mass is 79.9. The van der Waals surface area contributed by atoms with Crippen LogP contribution in [0.3, 0.4) is 0 Å². The van der Waals surface area contributed by atoms with Gasteiger partial charge in [-0.25, -0.2) is 0 Å². The molecule has 0 radical (unpaired) electrons. The maximum Gasteiger partial charge on any atom is 0.173 e. The van der Waals surface area contributed by atoms with Crippen LogP contribution in [0.1, 0.15) is 24.8 Å². The number of benzene rings is 1. The monoisotopic (exact) mass is 341 g/mol. The molecule has 1 unspecified atom stereocenters. The van der Waals surface area contributed by atoms with Crippen LogP contribution in [0.2, 0.25) is 0 Å². The minimum atomic E-state index is 0.0606. The molecule has 1 aromatic carbocycles. The molecule has 0 aromatic heterocycles. The number of nitrogens with zero attached hydrogens (tertiary/aromatic N) is 2. The number of amidine groups is 1. The molecule has 5 nitrogen and oxygen atoms in total. The maximum atomic E-state index is 8.80. The predicted molar refractivity (Wildman–Crippen MR) is 82.4 cm³/mol. The molecule has 2 rings (SSSR count). The molecular formula is C14H20BrN3O2. The van der Waals surface area contributed by atoms with Crippen molar-refractivity contribution in [2.24, 2.45) is 10.9 Å². The Morgan fingerprint density at radius 2 is 2.40 bits per heavy atom. The van der Waals surface area contributed by atoms with E-state index in [0.29, 0.717) is 24.0 Å². The van der Waals surface area contributed by atoms with Gasteiger partial charge in [0.25, 0.3) is 0 Å². The first-order valence-electron chi connectivity index (χ1n) is 6.72. The van der Waals surface area contributed by atoms with Gasteiger partial charge in [0.15, 0.2) is 5.84 Å². The van der Waals surface area contributed by atoms with Crippen molar-refractivity contribution in [1.29, 1.82) is 0 Å². The lowest BCUT2D eigenvalue weighted by Crippen LogP contribution is -2.26. The number of oxime groups is 1. The smallest absolute Gasteiger partial charge is 0.173 e. The van der Waals surface area contributed by atoms with Crippen LogP contribution in [-0.2, 0) is 0 Å². The van der Waals surface area contributed by atoms with E-state index >= 15 is 0 Å². The van der Waals surface area contributed by atoms with E-state index in [4.69, 9.17) is 15.7 Å². The molecule has 20 heavy (non-hydrogen) atoms. The molecule has 1 aromatic rings. The summed E-state index contributed by atoms with van der Waals surface area (Å²) in [6.07, 6.45) is 3.47. The van der Waals surface area contributed by atoms with Crippen LogP contribution in [0, 0.1) is 0 Å². The Labute approximate surface area is 127 Å². The average Bonchev–Trinajstić information content (AvgIpc) is 2.84. The minimum absolute atomic E-state index is 0.0606. The highest BCUT2D eigenvalue weighted by molar-refractivity contribution is 9.10. The highest BCUT2D eigenvalue weighted by Crippen LogP contribution is 2.25. The Bertz CT molecular complexity index is 493. The van der Waals surface area contributed by atoms with Gasteiger partial charge in [-0.2, -0.15) is 0 Å². The van der Waals surface area contributed by atoms with E-state index in [-0.39, 0.29) is 5.84 Å². The zero-order chi connectivity index (χ0) is 14.5. The summed E-state index contributed by atoms with van der Waals surface area (Å²) in [6, 6.07) is 6.04. The van der Waals surface area contributed by atoms with E-state index in [1.54, 1.807) is 6.07 Å². The Morgan fingerprint density at radius 3 is 3.05 bits per heavy atom. The van der Waals surface area contributed by atoms with Crippen molar-refractivity contribution in [3.05, 3.63) is 28.2 Å². The second kappa shape index (κ2) is 6.95. The molecule has 1 saturated heterocycles. The summed E-state index contributed by atoms with van der Waals surface area (Å²) in [5.41, 5.74) is 6.26. The highest BCUT2D eigenvalue weighted by Gasteiger charge is 2.20. The number of halogens is 1. The molecule has 0 saturated carbocycles. The zero-order valence-electron chi connectivity index (χ0n) is 11.6. The lowest BCUT2D eigenvalue weighted by atomic mass is 10.1. The van der Waals surface area contributed by atoms with E-state index < -0.39 is 0 Å². The molecule has 1 atom stereocenters. The van der Waals surface area contributed by atoms with Gasteiger partial charge in [0.1, 0.15) is 5.75 Å². The lowest BCUT2D eigenvalue weighted by molar-refractivity contribution is 0.233. The molecule has 110 valence electrons. The van der Waals surface area contributed by atoms with Crippen LogP contribution in [-0.4, -0.2) is 42.2 Å². The molecule has 0 spiro atoms. The third-order valence-electron chi connectivity index (χ3n) is 3.71. The van der Waals surface area contributed by atoms with Crippen molar-refractivity contribution in [3.63, 3.8) is 0 Å². The lowest BCUT2D eigenvalue weighted by Gasteiger charge is -2.19. The molecule has 0 amide bonds. The van der Waals surface area contributed by atoms with E-state index in [2.05, 4.69) is 33.0 Å². The van der Waals surface area contributed by atoms with E-state index in [0.717, 1.165) is 17.4 Å². The van der Waals surface area contributed by atoms with Crippen molar-refractivity contribution in [2.45, 2.75) is 25.3 Å². The topological polar surface area (TPSA) is 71.1 Å². The molecular weight excluding hydrogens is 322 g/mol. The number of hydrogen-bond donors (Lipinski definition) is 2. The average molecular weight is 342 g/mol. The zero-order valence-corrected chi connectivity index (χ0v) is 13.1. The summed E-state index contributed by atoms with van der Waals surface area (Å²) in [6.45, 7) is 1.79. The third kappa shape index (κ3) is 3.64. The van der Waals surface area contributed by atoms with Gasteiger partial charge < -0.3 is 20.6 Å². The van der Waals surface area contributed by atoms with Crippen LogP contribution in [0.4, 0.5) is 0 Å². The molecule has 1 aliphatic heterocycles. The van der Waals surface area contributed by atoms with Crippen molar-refractivity contribution in [3.8, 4) is 5.75 Å². The summed E-state index contributed by atoms with van der Waals surface area (Å²) in [4.78, 5) is 2.37. The number of hydrogen-bond acceptors (Lipinski definition) is 4. The molecule has 1 heterocycles. The molecule has 6 heteroatoms. The van der Waals surface area contributed by atoms with Crippen molar-refractivity contribution in [2.75, 3.05) is 20.2 Å². The van der Waals surface area contributed by atoms with Gasteiger partial charge in [-0.3, -0.25) is 0 Å². The fourth-order valence-electron chi connectivity index (χ4n) is 2.53. The molecule has 1 aliphatic rings. The fraction of sp³-hybridized carbons (Fsp3) is 0.500. The van der Waals surface area contributed by atoms with Crippen LogP contribution in [0.5, 0.6) is 5.75 Å². The molecule has 0 bridgehead atoms. The van der Waals surface area contributed by atoms with E-state index in [1.807, 2.05) is 12.1 Å². The largest absolute Gasteiger partial charge is 0.493 e. The summed E-state index contributed by atoms with van der Waals surface area (Å²) in [7, 11) is 2.15. The van der Waals surface area contributed by atoms with Crippen molar-refractivity contribution in [1.82, 2.24) is 4.90 Å². The minimum Gasteiger partial charge on any atom is -0.493 e.